The van der Waals surface area contributed by atoms with E-state index in [-0.39, 0.29) is 0 Å². The summed E-state index contributed by atoms with van der Waals surface area (Å²) in [7, 11) is 0. The normalized spacial score (nSPS) is 20.0. The molecule has 0 aromatic carbocycles. The van der Waals surface area contributed by atoms with E-state index in [0.29, 0.717) is 12.8 Å². The van der Waals surface area contributed by atoms with Crippen molar-refractivity contribution in [1.82, 2.24) is 0 Å². The number of nitrogens with two attached hydrogens (primary N) is 1. The van der Waals surface area contributed by atoms with Gasteiger partial charge in [-0.15, -0.1) is 0 Å². The van der Waals surface area contributed by atoms with E-state index < -0.39 is 17.3 Å². The molecule has 1 aliphatic carbocycles. The molecule has 0 aromatic rings. The maximum Gasteiger partial charge on any atom is 0.313 e. The zero-order valence-electron chi connectivity index (χ0n) is 5.91. The van der Waals surface area contributed by atoms with Gasteiger partial charge in [-0.05, 0) is 18.9 Å². The lowest BCUT2D eigenvalue weighted by Gasteiger charge is -1.99. The van der Waals surface area contributed by atoms with Crippen LogP contribution in [-0.2, 0) is 9.59 Å². The molecule has 4 nitrogen and oxygen atoms in total. The van der Waals surface area contributed by atoms with E-state index in [1.54, 1.807) is 0 Å². The molecular weight excluding hydrogens is 146 g/mol. The van der Waals surface area contributed by atoms with Crippen molar-refractivity contribution in [2.75, 3.05) is 0 Å². The Bertz CT molecular complexity index is 228. The second kappa shape index (κ2) is 2.38. The van der Waals surface area contributed by atoms with Crippen LogP contribution in [0.1, 0.15) is 12.8 Å². The Morgan fingerprint density at radius 2 is 2.00 bits per heavy atom. The number of carboxylic acids is 1. The maximum absolute atomic E-state index is 10.5. The van der Waals surface area contributed by atoms with Gasteiger partial charge in [0, 0.05) is 0 Å². The minimum Gasteiger partial charge on any atom is -0.481 e. The first-order valence-corrected chi connectivity index (χ1v) is 3.29. The average molecular weight is 155 g/mol. The minimum absolute atomic E-state index is 0.600. The summed E-state index contributed by atoms with van der Waals surface area (Å²) in [5, 5.41) is 8.61. The fourth-order valence-electron chi connectivity index (χ4n) is 0.828. The van der Waals surface area contributed by atoms with E-state index >= 15 is 0 Å². The van der Waals surface area contributed by atoms with Gasteiger partial charge in [0.2, 0.25) is 5.91 Å². The summed E-state index contributed by atoms with van der Waals surface area (Å²) in [5.41, 5.74) is 4.03. The fraction of sp³-hybridized carbons (Fsp3) is 0.429. The molecule has 0 atom stereocenters. The summed E-state index contributed by atoms with van der Waals surface area (Å²) in [5.74, 6) is -1.48. The minimum atomic E-state index is -0.880. The van der Waals surface area contributed by atoms with Crippen molar-refractivity contribution in [3.8, 4) is 0 Å². The maximum atomic E-state index is 10.5. The lowest BCUT2D eigenvalue weighted by Crippen LogP contribution is -2.13. The largest absolute Gasteiger partial charge is 0.481 e. The number of hydrogen-bond donors (Lipinski definition) is 2. The predicted octanol–water partition coefficient (Wildman–Crippen LogP) is -0.107. The molecule has 1 amide bonds. The number of carbonyl (C=O) groups excluding carboxylic acids is 1. The number of rotatable bonds is 3. The highest BCUT2D eigenvalue weighted by molar-refractivity contribution is 5.88. The molecule has 60 valence electrons. The van der Waals surface area contributed by atoms with Gasteiger partial charge in [-0.1, -0.05) is 6.08 Å². The van der Waals surface area contributed by atoms with Crippen LogP contribution in [0.15, 0.2) is 12.2 Å². The average Bonchev–Trinajstić information content (AvgIpc) is 2.63. The van der Waals surface area contributed by atoms with Gasteiger partial charge < -0.3 is 10.8 Å². The van der Waals surface area contributed by atoms with Crippen LogP contribution in [0, 0.1) is 5.41 Å². The quantitative estimate of drug-likeness (QED) is 0.558. The molecule has 0 saturated heterocycles. The van der Waals surface area contributed by atoms with Gasteiger partial charge in [0.25, 0.3) is 0 Å². The number of carbonyl (C=O) groups is 2. The first kappa shape index (κ1) is 7.78. The highest BCUT2D eigenvalue weighted by atomic mass is 16.4. The monoisotopic (exact) mass is 155 g/mol. The van der Waals surface area contributed by atoms with Crippen LogP contribution in [-0.4, -0.2) is 17.0 Å². The smallest absolute Gasteiger partial charge is 0.313 e. The summed E-state index contributed by atoms with van der Waals surface area (Å²) in [4.78, 5) is 20.7. The van der Waals surface area contributed by atoms with E-state index in [9.17, 15) is 9.59 Å². The summed E-state index contributed by atoms with van der Waals surface area (Å²) in [6.45, 7) is 0. The number of carboxylic acid groups (broad SMARTS) is 1. The molecule has 0 heterocycles. The summed E-state index contributed by atoms with van der Waals surface area (Å²) in [6.07, 6.45) is 3.69. The van der Waals surface area contributed by atoms with Gasteiger partial charge in [-0.2, -0.15) is 0 Å². The van der Waals surface area contributed by atoms with Crippen LogP contribution in [0.3, 0.4) is 0 Å². The summed E-state index contributed by atoms with van der Waals surface area (Å²) in [6, 6.07) is 0. The van der Waals surface area contributed by atoms with Gasteiger partial charge in [0.1, 0.15) is 0 Å². The summed E-state index contributed by atoms with van der Waals surface area (Å²) < 4.78 is 0. The first-order chi connectivity index (χ1) is 5.07. The lowest BCUT2D eigenvalue weighted by molar-refractivity contribution is -0.141. The lowest BCUT2D eigenvalue weighted by atomic mass is 10.1. The third-order valence-electron chi connectivity index (χ3n) is 1.78. The Morgan fingerprint density at radius 3 is 2.27 bits per heavy atom. The van der Waals surface area contributed by atoms with Crippen molar-refractivity contribution in [3.05, 3.63) is 12.2 Å². The number of hydrogen-bond acceptors (Lipinski definition) is 2. The van der Waals surface area contributed by atoms with Crippen LogP contribution in [0.5, 0.6) is 0 Å². The van der Waals surface area contributed by atoms with E-state index in [1.165, 1.54) is 6.08 Å². The zero-order valence-corrected chi connectivity index (χ0v) is 5.91. The molecule has 4 heteroatoms. The molecule has 0 radical (unpaired) electrons. The SMILES string of the molecule is NC(=O)/C=C\C1(C(=O)O)CC1. The molecule has 0 aromatic heterocycles. The first-order valence-electron chi connectivity index (χ1n) is 3.29. The Kier molecular flexibility index (Phi) is 1.68. The van der Waals surface area contributed by atoms with Crippen molar-refractivity contribution in [1.29, 1.82) is 0 Å². The molecule has 11 heavy (non-hydrogen) atoms. The van der Waals surface area contributed by atoms with Crippen LogP contribution < -0.4 is 5.73 Å². The van der Waals surface area contributed by atoms with Gasteiger partial charge in [-0.3, -0.25) is 9.59 Å². The van der Waals surface area contributed by atoms with Gasteiger partial charge >= 0.3 is 5.97 Å². The van der Waals surface area contributed by atoms with E-state index in [0.717, 1.165) is 6.08 Å². The van der Waals surface area contributed by atoms with Crippen molar-refractivity contribution in [2.45, 2.75) is 12.8 Å². The Hall–Kier alpha value is -1.32. The molecular formula is C7H9NO3. The summed E-state index contributed by atoms with van der Waals surface area (Å²) >= 11 is 0. The number of aliphatic carboxylic acids is 1. The molecule has 3 N–H and O–H groups in total. The molecule has 1 aliphatic rings. The Balaban J connectivity index is 2.61. The van der Waals surface area contributed by atoms with Crippen LogP contribution in [0.2, 0.25) is 0 Å². The molecule has 1 saturated carbocycles. The second-order valence-corrected chi connectivity index (χ2v) is 2.70. The van der Waals surface area contributed by atoms with E-state index in [2.05, 4.69) is 0 Å². The molecule has 1 rings (SSSR count). The molecule has 0 unspecified atom stereocenters. The fourth-order valence-corrected chi connectivity index (χ4v) is 0.828. The van der Waals surface area contributed by atoms with Crippen molar-refractivity contribution in [3.63, 3.8) is 0 Å². The Labute approximate surface area is 63.7 Å². The topological polar surface area (TPSA) is 80.4 Å². The van der Waals surface area contributed by atoms with Crippen LogP contribution >= 0.6 is 0 Å². The zero-order chi connectivity index (χ0) is 8.48. The van der Waals surface area contributed by atoms with Gasteiger partial charge in [-0.25, -0.2) is 0 Å². The van der Waals surface area contributed by atoms with Gasteiger partial charge in [0.05, 0.1) is 5.41 Å². The number of primary amides is 1. The molecule has 0 aliphatic heterocycles. The third kappa shape index (κ3) is 1.58. The van der Waals surface area contributed by atoms with E-state index in [1.807, 2.05) is 0 Å². The van der Waals surface area contributed by atoms with E-state index in [4.69, 9.17) is 10.8 Å². The van der Waals surface area contributed by atoms with Gasteiger partial charge in [0.15, 0.2) is 0 Å². The van der Waals surface area contributed by atoms with Crippen molar-refractivity contribution >= 4 is 11.9 Å². The highest BCUT2D eigenvalue weighted by Gasteiger charge is 2.47. The second-order valence-electron chi connectivity index (χ2n) is 2.70. The van der Waals surface area contributed by atoms with Crippen LogP contribution in [0.25, 0.3) is 0 Å². The van der Waals surface area contributed by atoms with Crippen LogP contribution in [0.4, 0.5) is 0 Å². The van der Waals surface area contributed by atoms with Crippen molar-refractivity contribution < 1.29 is 14.7 Å². The molecule has 0 bridgehead atoms. The standard InChI is InChI=1S/C7H9NO3/c8-5(9)1-2-7(3-4-7)6(10)11/h1-2H,3-4H2,(H2,8,9)(H,10,11)/b2-1-. The molecule has 0 spiro atoms. The third-order valence-corrected chi connectivity index (χ3v) is 1.78. The predicted molar refractivity (Wildman–Crippen MR) is 37.6 cm³/mol. The Morgan fingerprint density at radius 1 is 1.45 bits per heavy atom. The highest BCUT2D eigenvalue weighted by Crippen LogP contribution is 2.47. The van der Waals surface area contributed by atoms with Crippen molar-refractivity contribution in [2.24, 2.45) is 11.1 Å². The molecule has 1 fully saturated rings. The number of amides is 1.